The first-order valence-electron chi connectivity index (χ1n) is 11.2. The normalized spacial score (nSPS) is 18.4. The van der Waals surface area contributed by atoms with E-state index >= 15 is 0 Å². The summed E-state index contributed by atoms with van der Waals surface area (Å²) >= 11 is 0. The molecular formula is C24H28N6O2. The molecule has 1 atom stereocenters. The summed E-state index contributed by atoms with van der Waals surface area (Å²) in [6.45, 7) is 2.68. The fraction of sp³-hybridized carbons (Fsp3) is 0.417. The van der Waals surface area contributed by atoms with Gasteiger partial charge >= 0.3 is 0 Å². The third kappa shape index (κ3) is 3.70. The van der Waals surface area contributed by atoms with Crippen LogP contribution in [0.5, 0.6) is 5.75 Å². The number of para-hydroxylation sites is 1. The average Bonchev–Trinajstić information content (AvgIpc) is 3.59. The van der Waals surface area contributed by atoms with Crippen LogP contribution in [0.25, 0.3) is 11.3 Å². The maximum absolute atomic E-state index is 13.5. The Balaban J connectivity index is 1.49. The lowest BCUT2D eigenvalue weighted by Gasteiger charge is -2.25. The average molecular weight is 433 g/mol. The Hall–Kier alpha value is -3.42. The number of aromatic nitrogens is 4. The highest BCUT2D eigenvalue weighted by atomic mass is 16.5. The zero-order valence-electron chi connectivity index (χ0n) is 18.6. The van der Waals surface area contributed by atoms with E-state index in [0.717, 1.165) is 48.8 Å². The standard InChI is InChI=1S/C24H28N6O2/c1-28-16-18(19-11-12-25-24(26-19)29-13-5-6-14-29)22(27-28)20-9-7-15-30(20)23(31)17-8-3-4-10-21(17)32-2/h3-4,8,10-12,16,20H,5-7,9,13-15H2,1-2H3. The number of methoxy groups -OCH3 is 1. The summed E-state index contributed by atoms with van der Waals surface area (Å²) in [5.74, 6) is 1.33. The van der Waals surface area contributed by atoms with Crippen LogP contribution in [0.15, 0.2) is 42.7 Å². The molecule has 2 fully saturated rings. The van der Waals surface area contributed by atoms with Crippen LogP contribution in [0.2, 0.25) is 0 Å². The van der Waals surface area contributed by atoms with Crippen molar-refractivity contribution in [2.24, 2.45) is 7.05 Å². The van der Waals surface area contributed by atoms with Gasteiger partial charge in [-0.15, -0.1) is 0 Å². The molecule has 0 radical (unpaired) electrons. The van der Waals surface area contributed by atoms with Crippen molar-refractivity contribution >= 4 is 11.9 Å². The molecule has 0 N–H and O–H groups in total. The molecule has 0 saturated carbocycles. The van der Waals surface area contributed by atoms with E-state index in [1.54, 1.807) is 7.11 Å². The van der Waals surface area contributed by atoms with Gasteiger partial charge in [0.05, 0.1) is 30.1 Å². The van der Waals surface area contributed by atoms with Crippen molar-refractivity contribution in [3.63, 3.8) is 0 Å². The van der Waals surface area contributed by atoms with Gasteiger partial charge < -0.3 is 14.5 Å². The number of aryl methyl sites for hydroxylation is 1. The predicted molar refractivity (Wildman–Crippen MR) is 122 cm³/mol. The molecule has 5 rings (SSSR count). The monoisotopic (exact) mass is 432 g/mol. The number of ether oxygens (including phenoxy) is 1. The van der Waals surface area contributed by atoms with Crippen molar-refractivity contribution in [3.05, 3.63) is 54.0 Å². The minimum Gasteiger partial charge on any atom is -0.496 e. The van der Waals surface area contributed by atoms with Gasteiger partial charge in [-0.25, -0.2) is 9.97 Å². The molecule has 1 aromatic carbocycles. The summed E-state index contributed by atoms with van der Waals surface area (Å²) in [6.07, 6.45) is 7.97. The van der Waals surface area contributed by atoms with E-state index in [9.17, 15) is 4.79 Å². The van der Waals surface area contributed by atoms with Crippen LogP contribution in [0, 0.1) is 0 Å². The minimum atomic E-state index is -0.103. The van der Waals surface area contributed by atoms with Crippen LogP contribution in [0.3, 0.4) is 0 Å². The number of benzene rings is 1. The van der Waals surface area contributed by atoms with Gasteiger partial charge in [-0.2, -0.15) is 5.10 Å². The van der Waals surface area contributed by atoms with E-state index in [1.807, 2.05) is 59.4 Å². The minimum absolute atomic E-state index is 0.0259. The summed E-state index contributed by atoms with van der Waals surface area (Å²) < 4.78 is 7.25. The molecule has 3 aromatic rings. The molecule has 1 amide bonds. The molecule has 166 valence electrons. The van der Waals surface area contributed by atoms with Gasteiger partial charge in [-0.05, 0) is 43.9 Å². The molecule has 2 aliphatic rings. The molecule has 4 heterocycles. The van der Waals surface area contributed by atoms with Crippen molar-refractivity contribution in [2.45, 2.75) is 31.7 Å². The molecule has 32 heavy (non-hydrogen) atoms. The van der Waals surface area contributed by atoms with Crippen LogP contribution in [0.1, 0.15) is 47.8 Å². The van der Waals surface area contributed by atoms with Gasteiger partial charge in [0.25, 0.3) is 5.91 Å². The number of hydrogen-bond acceptors (Lipinski definition) is 6. The fourth-order valence-corrected chi connectivity index (χ4v) is 4.79. The quantitative estimate of drug-likeness (QED) is 0.615. The number of carbonyl (C=O) groups excluding carboxylic acids is 1. The lowest BCUT2D eigenvalue weighted by Crippen LogP contribution is -2.31. The van der Waals surface area contributed by atoms with E-state index in [1.165, 1.54) is 12.8 Å². The van der Waals surface area contributed by atoms with Crippen LogP contribution in [-0.4, -0.2) is 57.3 Å². The number of anilines is 1. The Labute approximate surface area is 187 Å². The number of rotatable bonds is 5. The SMILES string of the molecule is COc1ccccc1C(=O)N1CCCC1c1nn(C)cc1-c1ccnc(N2CCCC2)n1. The Bertz CT molecular complexity index is 1120. The van der Waals surface area contributed by atoms with E-state index in [2.05, 4.69) is 9.88 Å². The van der Waals surface area contributed by atoms with Crippen molar-refractivity contribution in [1.82, 2.24) is 24.6 Å². The Morgan fingerprint density at radius 3 is 2.72 bits per heavy atom. The molecule has 0 aliphatic carbocycles. The van der Waals surface area contributed by atoms with Crippen molar-refractivity contribution in [2.75, 3.05) is 31.6 Å². The summed E-state index contributed by atoms with van der Waals surface area (Å²) in [5, 5.41) is 4.78. The van der Waals surface area contributed by atoms with Crippen LogP contribution >= 0.6 is 0 Å². The third-order valence-electron chi connectivity index (χ3n) is 6.33. The van der Waals surface area contributed by atoms with Gasteiger partial charge in [0.1, 0.15) is 5.75 Å². The largest absolute Gasteiger partial charge is 0.496 e. The smallest absolute Gasteiger partial charge is 0.258 e. The summed E-state index contributed by atoms with van der Waals surface area (Å²) in [7, 11) is 3.51. The second kappa shape index (κ2) is 8.61. The topological polar surface area (TPSA) is 76.4 Å². The summed E-state index contributed by atoms with van der Waals surface area (Å²) in [5.41, 5.74) is 3.28. The molecular weight excluding hydrogens is 404 g/mol. The zero-order valence-corrected chi connectivity index (χ0v) is 18.6. The fourth-order valence-electron chi connectivity index (χ4n) is 4.79. The number of likely N-dealkylation sites (tertiary alicyclic amines) is 1. The zero-order chi connectivity index (χ0) is 22.1. The van der Waals surface area contributed by atoms with E-state index in [0.29, 0.717) is 17.9 Å². The predicted octanol–water partition coefficient (Wildman–Crippen LogP) is 3.46. The van der Waals surface area contributed by atoms with Gasteiger partial charge in [0.2, 0.25) is 5.95 Å². The van der Waals surface area contributed by atoms with Crippen LogP contribution in [0.4, 0.5) is 5.95 Å². The number of carbonyl (C=O) groups is 1. The molecule has 8 nitrogen and oxygen atoms in total. The Kier molecular flexibility index (Phi) is 5.51. The maximum atomic E-state index is 13.5. The lowest BCUT2D eigenvalue weighted by atomic mass is 10.0. The molecule has 8 heteroatoms. The second-order valence-corrected chi connectivity index (χ2v) is 8.39. The molecule has 0 spiro atoms. The molecule has 2 aliphatic heterocycles. The van der Waals surface area contributed by atoms with Gasteiger partial charge in [0.15, 0.2) is 0 Å². The van der Waals surface area contributed by atoms with Crippen LogP contribution < -0.4 is 9.64 Å². The van der Waals surface area contributed by atoms with Crippen molar-refractivity contribution in [3.8, 4) is 17.0 Å². The maximum Gasteiger partial charge on any atom is 0.258 e. The summed E-state index contributed by atoms with van der Waals surface area (Å²) in [4.78, 5) is 27.0. The molecule has 2 aromatic heterocycles. The summed E-state index contributed by atoms with van der Waals surface area (Å²) in [6, 6.07) is 9.22. The highest BCUT2D eigenvalue weighted by Gasteiger charge is 2.35. The van der Waals surface area contributed by atoms with E-state index < -0.39 is 0 Å². The number of nitrogens with zero attached hydrogens (tertiary/aromatic N) is 6. The molecule has 1 unspecified atom stereocenters. The van der Waals surface area contributed by atoms with Crippen molar-refractivity contribution in [1.29, 1.82) is 0 Å². The second-order valence-electron chi connectivity index (χ2n) is 8.39. The highest BCUT2D eigenvalue weighted by molar-refractivity contribution is 5.97. The Morgan fingerprint density at radius 2 is 1.91 bits per heavy atom. The third-order valence-corrected chi connectivity index (χ3v) is 6.33. The number of hydrogen-bond donors (Lipinski definition) is 0. The first-order valence-corrected chi connectivity index (χ1v) is 11.2. The van der Waals surface area contributed by atoms with E-state index in [4.69, 9.17) is 14.8 Å². The first kappa shape index (κ1) is 20.5. The molecule has 0 bridgehead atoms. The number of amides is 1. The lowest BCUT2D eigenvalue weighted by molar-refractivity contribution is 0.0729. The Morgan fingerprint density at radius 1 is 1.09 bits per heavy atom. The van der Waals surface area contributed by atoms with Crippen molar-refractivity contribution < 1.29 is 9.53 Å². The first-order chi connectivity index (χ1) is 15.7. The van der Waals surface area contributed by atoms with Gasteiger partial charge in [-0.1, -0.05) is 12.1 Å². The van der Waals surface area contributed by atoms with Crippen LogP contribution in [-0.2, 0) is 7.05 Å². The van der Waals surface area contributed by atoms with E-state index in [-0.39, 0.29) is 11.9 Å². The van der Waals surface area contributed by atoms with Gasteiger partial charge in [-0.3, -0.25) is 9.48 Å². The highest BCUT2D eigenvalue weighted by Crippen LogP contribution is 2.38. The molecule has 2 saturated heterocycles. The van der Waals surface area contributed by atoms with Gasteiger partial charge in [0, 0.05) is 44.6 Å².